The molecular formula is C30H40N2O6. The van der Waals surface area contributed by atoms with Gasteiger partial charge in [0.25, 0.3) is 5.91 Å². The quantitative estimate of drug-likeness (QED) is 0.352. The van der Waals surface area contributed by atoms with E-state index in [-0.39, 0.29) is 37.5 Å². The van der Waals surface area contributed by atoms with Gasteiger partial charge in [0.2, 0.25) is 5.91 Å². The van der Waals surface area contributed by atoms with Crippen LogP contribution in [0.5, 0.6) is 0 Å². The minimum absolute atomic E-state index is 0.0360. The van der Waals surface area contributed by atoms with E-state index in [1.165, 1.54) is 11.0 Å². The summed E-state index contributed by atoms with van der Waals surface area (Å²) >= 11 is 0. The highest BCUT2D eigenvalue weighted by atomic mass is 16.6. The van der Waals surface area contributed by atoms with Crippen LogP contribution >= 0.6 is 0 Å². The number of carbonyl (C=O) groups excluding carboxylic acids is 3. The van der Waals surface area contributed by atoms with E-state index in [2.05, 4.69) is 13.2 Å². The van der Waals surface area contributed by atoms with Gasteiger partial charge in [-0.3, -0.25) is 14.4 Å². The predicted octanol–water partition coefficient (Wildman–Crippen LogP) is 3.33. The van der Waals surface area contributed by atoms with Crippen molar-refractivity contribution in [1.82, 2.24) is 4.90 Å². The Morgan fingerprint density at radius 3 is 2.53 bits per heavy atom. The molecule has 2 bridgehead atoms. The Labute approximate surface area is 225 Å². The molecule has 3 fully saturated rings. The van der Waals surface area contributed by atoms with Crippen molar-refractivity contribution in [3.63, 3.8) is 0 Å². The Morgan fingerprint density at radius 2 is 1.95 bits per heavy atom. The molecule has 3 heterocycles. The summed E-state index contributed by atoms with van der Waals surface area (Å²) in [5, 5.41) is 10.4. The number of benzene rings is 1. The van der Waals surface area contributed by atoms with E-state index in [4.69, 9.17) is 9.47 Å². The van der Waals surface area contributed by atoms with Crippen molar-refractivity contribution in [2.75, 3.05) is 24.7 Å². The Kier molecular flexibility index (Phi) is 8.14. The smallest absolute Gasteiger partial charge is 0.312 e. The Morgan fingerprint density at radius 1 is 1.26 bits per heavy atom. The van der Waals surface area contributed by atoms with Crippen molar-refractivity contribution in [3.8, 4) is 0 Å². The third-order valence-electron chi connectivity index (χ3n) is 8.22. The fraction of sp³-hybridized carbons (Fsp3) is 0.567. The number of likely N-dealkylation sites (tertiary alicyclic amines) is 1. The maximum Gasteiger partial charge on any atom is 0.312 e. The molecule has 0 aliphatic carbocycles. The average molecular weight is 525 g/mol. The lowest BCUT2D eigenvalue weighted by Crippen LogP contribution is -2.59. The van der Waals surface area contributed by atoms with Gasteiger partial charge < -0.3 is 24.4 Å². The fourth-order valence-electron chi connectivity index (χ4n) is 6.89. The number of ether oxygens (including phenoxy) is 2. The summed E-state index contributed by atoms with van der Waals surface area (Å²) in [6.45, 7) is 15.4. The molecule has 0 aromatic heterocycles. The van der Waals surface area contributed by atoms with Gasteiger partial charge in [-0.05, 0) is 50.2 Å². The number of esters is 1. The van der Waals surface area contributed by atoms with Gasteiger partial charge in [-0.25, -0.2) is 0 Å². The molecule has 206 valence electrons. The maximum absolute atomic E-state index is 14.7. The number of hydrogen-bond acceptors (Lipinski definition) is 6. The summed E-state index contributed by atoms with van der Waals surface area (Å²) in [5.74, 6) is -2.61. The lowest BCUT2D eigenvalue weighted by atomic mass is 9.70. The van der Waals surface area contributed by atoms with Gasteiger partial charge in [-0.15, -0.1) is 6.58 Å². The zero-order valence-electron chi connectivity index (χ0n) is 22.9. The zero-order chi connectivity index (χ0) is 27.8. The molecule has 2 amide bonds. The first-order chi connectivity index (χ1) is 18.1. The third kappa shape index (κ3) is 4.47. The minimum Gasteiger partial charge on any atom is -0.461 e. The van der Waals surface area contributed by atoms with Crippen molar-refractivity contribution >= 4 is 23.5 Å². The predicted molar refractivity (Wildman–Crippen MR) is 144 cm³/mol. The highest BCUT2D eigenvalue weighted by Crippen LogP contribution is 2.59. The highest BCUT2D eigenvalue weighted by Gasteiger charge is 2.75. The average Bonchev–Trinajstić information content (AvgIpc) is 3.52. The number of nitrogens with zero attached hydrogens (tertiary/aromatic N) is 2. The second-order valence-corrected chi connectivity index (χ2v) is 11.2. The normalized spacial score (nSPS) is 28.4. The second-order valence-electron chi connectivity index (χ2n) is 11.2. The Balaban J connectivity index is 1.84. The first-order valence-electron chi connectivity index (χ1n) is 13.5. The summed E-state index contributed by atoms with van der Waals surface area (Å²) in [7, 11) is 0. The van der Waals surface area contributed by atoms with Crippen LogP contribution in [-0.4, -0.2) is 71.3 Å². The third-order valence-corrected chi connectivity index (χ3v) is 8.22. The molecule has 8 nitrogen and oxygen atoms in total. The largest absolute Gasteiger partial charge is 0.461 e. The van der Waals surface area contributed by atoms with E-state index < -0.39 is 41.6 Å². The van der Waals surface area contributed by atoms with Crippen LogP contribution < -0.4 is 4.90 Å². The molecule has 4 rings (SSSR count). The Hall–Kier alpha value is -2.97. The van der Waals surface area contributed by atoms with E-state index in [0.717, 1.165) is 16.8 Å². The van der Waals surface area contributed by atoms with Gasteiger partial charge in [0.05, 0.1) is 30.6 Å². The summed E-state index contributed by atoms with van der Waals surface area (Å²) in [6, 6.07) is 4.26. The number of fused-ring (bicyclic) bond motifs is 1. The van der Waals surface area contributed by atoms with Crippen LogP contribution in [0.3, 0.4) is 0 Å². The van der Waals surface area contributed by atoms with Crippen molar-refractivity contribution in [2.24, 2.45) is 17.8 Å². The number of rotatable bonds is 11. The van der Waals surface area contributed by atoms with Crippen molar-refractivity contribution < 1.29 is 29.0 Å². The maximum atomic E-state index is 14.7. The van der Waals surface area contributed by atoms with Gasteiger partial charge in [0.15, 0.2) is 0 Å². The van der Waals surface area contributed by atoms with E-state index in [9.17, 15) is 19.5 Å². The number of aryl methyl sites for hydroxylation is 2. The number of aliphatic hydroxyl groups is 1. The van der Waals surface area contributed by atoms with Crippen molar-refractivity contribution in [1.29, 1.82) is 0 Å². The molecule has 3 saturated heterocycles. The molecular weight excluding hydrogens is 484 g/mol. The van der Waals surface area contributed by atoms with Crippen LogP contribution in [0.1, 0.15) is 44.2 Å². The summed E-state index contributed by atoms with van der Waals surface area (Å²) in [6.07, 6.45) is 4.19. The molecule has 3 aliphatic heterocycles. The van der Waals surface area contributed by atoms with Gasteiger partial charge in [0.1, 0.15) is 18.2 Å². The van der Waals surface area contributed by atoms with Gasteiger partial charge in [-0.1, -0.05) is 50.8 Å². The number of hydrogen-bond donors (Lipinski definition) is 1. The van der Waals surface area contributed by atoms with Crippen LogP contribution in [0.2, 0.25) is 0 Å². The molecule has 38 heavy (non-hydrogen) atoms. The minimum atomic E-state index is -1.17. The van der Waals surface area contributed by atoms with Crippen molar-refractivity contribution in [2.45, 2.75) is 70.7 Å². The molecule has 0 saturated carbocycles. The first kappa shape index (κ1) is 28.0. The molecule has 0 radical (unpaired) electrons. The number of para-hydroxylation sites is 1. The lowest BCUT2D eigenvalue weighted by molar-refractivity contribution is -0.155. The second kappa shape index (κ2) is 11.0. The molecule has 6 atom stereocenters. The number of carbonyl (C=O) groups is 3. The molecule has 3 aliphatic rings. The first-order valence-corrected chi connectivity index (χ1v) is 13.5. The van der Waals surface area contributed by atoms with E-state index in [0.29, 0.717) is 19.3 Å². The summed E-state index contributed by atoms with van der Waals surface area (Å²) < 4.78 is 11.9. The van der Waals surface area contributed by atoms with Crippen molar-refractivity contribution in [3.05, 3.63) is 54.6 Å². The molecule has 1 aromatic rings. The fourth-order valence-corrected chi connectivity index (χ4v) is 6.89. The molecule has 1 aromatic carbocycles. The van der Waals surface area contributed by atoms with Gasteiger partial charge >= 0.3 is 5.97 Å². The van der Waals surface area contributed by atoms with Gasteiger partial charge in [0, 0.05) is 12.2 Å². The molecule has 2 unspecified atom stereocenters. The monoisotopic (exact) mass is 524 g/mol. The van der Waals surface area contributed by atoms with Gasteiger partial charge in [-0.2, -0.15) is 0 Å². The summed E-state index contributed by atoms with van der Waals surface area (Å²) in [5.41, 5.74) is 1.45. The van der Waals surface area contributed by atoms with Crippen LogP contribution in [0, 0.1) is 31.6 Å². The molecule has 1 spiro atoms. The Bertz CT molecular complexity index is 1100. The van der Waals surface area contributed by atoms with Crippen LogP contribution in [0.4, 0.5) is 5.69 Å². The van der Waals surface area contributed by atoms with E-state index >= 15 is 0 Å². The number of aliphatic hydroxyl groups excluding tert-OH is 1. The number of amides is 2. The number of anilines is 1. The lowest BCUT2D eigenvalue weighted by Gasteiger charge is -2.40. The van der Waals surface area contributed by atoms with E-state index in [1.807, 2.05) is 45.9 Å². The highest BCUT2D eigenvalue weighted by molar-refractivity contribution is 6.05. The van der Waals surface area contributed by atoms with Crippen LogP contribution in [0.15, 0.2) is 43.5 Å². The van der Waals surface area contributed by atoms with E-state index in [1.54, 1.807) is 11.0 Å². The molecule has 1 N–H and O–H groups in total. The van der Waals surface area contributed by atoms with Crippen LogP contribution in [0.25, 0.3) is 0 Å². The standard InChI is InChI=1S/C30H40N2O6/c1-7-14-31(25-19(5)10-9-11-20(25)6)28(35)26-30-13-12-22(38-30)23(29(36)37-15-8-2)24(30)27(34)32(26)21(17-33)16-18(3)4/h7-11,18,21-24,26,33H,1-2,12-17H2,3-6H3/t21-,22+,23-,24+,26?,30?/m1/s1. The SMILES string of the molecule is C=CCOC(=O)[C@@H]1[C@@H]2CCC3(O2)C(C(=O)N(CC=C)c2c(C)cccc2C)N([C@@H](CO)CC(C)C)C(=O)[C@H]13. The zero-order valence-corrected chi connectivity index (χ0v) is 22.9. The molecule has 8 heteroatoms. The topological polar surface area (TPSA) is 96.4 Å². The van der Waals surface area contributed by atoms with Crippen LogP contribution in [-0.2, 0) is 23.9 Å². The summed E-state index contributed by atoms with van der Waals surface area (Å²) in [4.78, 5) is 45.2.